The molecule has 1 aliphatic heterocycles. The molecule has 4 rings (SSSR count). The number of nitrogens with one attached hydrogen (secondary N) is 2. The molecule has 0 atom stereocenters. The van der Waals surface area contributed by atoms with Crippen molar-refractivity contribution in [1.29, 1.82) is 0 Å². The first kappa shape index (κ1) is 19.1. The summed E-state index contributed by atoms with van der Waals surface area (Å²) in [6, 6.07) is 10.7. The maximum absolute atomic E-state index is 12.4. The number of halogens is 1. The summed E-state index contributed by atoms with van der Waals surface area (Å²) in [6.07, 6.45) is 1.61. The zero-order chi connectivity index (χ0) is 19.7. The van der Waals surface area contributed by atoms with Crippen molar-refractivity contribution in [3.63, 3.8) is 0 Å². The lowest BCUT2D eigenvalue weighted by Crippen LogP contribution is -2.17. The van der Waals surface area contributed by atoms with Crippen LogP contribution in [0, 0.1) is 0 Å². The fourth-order valence-corrected chi connectivity index (χ4v) is 5.18. The van der Waals surface area contributed by atoms with Gasteiger partial charge in [-0.1, -0.05) is 12.1 Å². The number of thioether (sulfide) groups is 1. The van der Waals surface area contributed by atoms with E-state index in [9.17, 15) is 14.4 Å². The Kier molecular flexibility index (Phi) is 5.44. The Morgan fingerprint density at radius 2 is 1.93 bits per heavy atom. The van der Waals surface area contributed by atoms with Crippen molar-refractivity contribution in [3.05, 3.63) is 61.6 Å². The van der Waals surface area contributed by atoms with Gasteiger partial charge in [-0.3, -0.25) is 25.0 Å². The quantitative estimate of drug-likeness (QED) is 0.489. The van der Waals surface area contributed by atoms with Crippen LogP contribution in [-0.4, -0.2) is 22.0 Å². The molecule has 0 radical (unpaired) electrons. The second-order valence-corrected chi connectivity index (χ2v) is 9.91. The summed E-state index contributed by atoms with van der Waals surface area (Å²) < 4.78 is 1.02. The van der Waals surface area contributed by atoms with Gasteiger partial charge in [0.25, 0.3) is 17.1 Å². The van der Waals surface area contributed by atoms with E-state index in [-0.39, 0.29) is 11.1 Å². The summed E-state index contributed by atoms with van der Waals surface area (Å²) in [5.74, 6) is -0.676. The predicted octanol–water partition coefficient (Wildman–Crippen LogP) is 5.21. The van der Waals surface area contributed by atoms with Gasteiger partial charge in [0, 0.05) is 10.9 Å². The Labute approximate surface area is 180 Å². The van der Waals surface area contributed by atoms with Crippen LogP contribution in [-0.2, 0) is 4.79 Å². The highest BCUT2D eigenvalue weighted by Gasteiger charge is 2.24. The fourth-order valence-electron chi connectivity index (χ4n) is 2.37. The van der Waals surface area contributed by atoms with Gasteiger partial charge in [0.15, 0.2) is 5.13 Å². The van der Waals surface area contributed by atoms with Crippen molar-refractivity contribution < 1.29 is 14.4 Å². The van der Waals surface area contributed by atoms with E-state index in [1.807, 2.05) is 17.5 Å². The number of hydrogen-bond acceptors (Lipinski definition) is 7. The van der Waals surface area contributed by atoms with E-state index in [1.54, 1.807) is 41.7 Å². The Bertz CT molecular complexity index is 1120. The van der Waals surface area contributed by atoms with Gasteiger partial charge in [-0.2, -0.15) is 0 Å². The molecular weight excluding hydrogens is 482 g/mol. The molecule has 2 aromatic heterocycles. The van der Waals surface area contributed by atoms with E-state index in [0.29, 0.717) is 15.6 Å². The van der Waals surface area contributed by atoms with Crippen molar-refractivity contribution in [2.45, 2.75) is 0 Å². The minimum atomic E-state index is -0.408. The zero-order valence-corrected chi connectivity index (χ0v) is 17.9. The molecular formula is C18H10BrN3O3S3. The highest BCUT2D eigenvalue weighted by Crippen LogP contribution is 2.33. The minimum absolute atomic E-state index is 0.268. The molecule has 1 saturated heterocycles. The van der Waals surface area contributed by atoms with Crippen molar-refractivity contribution in [1.82, 2.24) is 10.3 Å². The maximum Gasteiger partial charge on any atom is 0.290 e. The van der Waals surface area contributed by atoms with Crippen LogP contribution in [0.5, 0.6) is 0 Å². The number of aromatic nitrogens is 1. The molecule has 0 saturated carbocycles. The number of amides is 3. The summed E-state index contributed by atoms with van der Waals surface area (Å²) in [5, 5.41) is 7.03. The molecule has 2 N–H and O–H groups in total. The van der Waals surface area contributed by atoms with Gasteiger partial charge in [0.2, 0.25) is 0 Å². The third kappa shape index (κ3) is 4.25. The standard InChI is InChI=1S/C18H10BrN3O3S3/c19-14-6-5-12(27-14)11-8-26-17(20-11)21-15(23)10-3-1-9(2-4-10)7-13-16(24)22-18(25)28-13/h1-8H,(H,20,21,23)(H,22,24,25)/b13-7-. The molecule has 0 spiro atoms. The van der Waals surface area contributed by atoms with Gasteiger partial charge < -0.3 is 0 Å². The zero-order valence-electron chi connectivity index (χ0n) is 13.9. The molecule has 3 heterocycles. The first-order chi connectivity index (χ1) is 13.5. The molecule has 0 bridgehead atoms. The first-order valence-corrected chi connectivity index (χ1v) is 11.2. The minimum Gasteiger partial charge on any atom is -0.298 e. The van der Waals surface area contributed by atoms with Gasteiger partial charge in [-0.05, 0) is 63.6 Å². The molecule has 10 heteroatoms. The number of imide groups is 1. The Hall–Kier alpha value is -2.27. The third-order valence-electron chi connectivity index (χ3n) is 3.66. The summed E-state index contributed by atoms with van der Waals surface area (Å²) >= 11 is 7.22. The van der Waals surface area contributed by atoms with Crippen LogP contribution in [0.15, 0.2) is 50.5 Å². The highest BCUT2D eigenvalue weighted by molar-refractivity contribution is 9.11. The lowest BCUT2D eigenvalue weighted by Gasteiger charge is -2.02. The number of rotatable bonds is 4. The van der Waals surface area contributed by atoms with E-state index in [4.69, 9.17) is 0 Å². The number of anilines is 1. The van der Waals surface area contributed by atoms with Gasteiger partial charge in [0.05, 0.1) is 19.3 Å². The lowest BCUT2D eigenvalue weighted by molar-refractivity contribution is -0.115. The molecule has 140 valence electrons. The summed E-state index contributed by atoms with van der Waals surface area (Å²) in [5.41, 5.74) is 2.01. The van der Waals surface area contributed by atoms with Crippen LogP contribution in [0.4, 0.5) is 9.93 Å². The van der Waals surface area contributed by atoms with E-state index < -0.39 is 5.91 Å². The van der Waals surface area contributed by atoms with Crippen LogP contribution < -0.4 is 10.6 Å². The fraction of sp³-hybridized carbons (Fsp3) is 0. The number of carbonyl (C=O) groups is 3. The number of nitrogens with zero attached hydrogens (tertiary/aromatic N) is 1. The monoisotopic (exact) mass is 491 g/mol. The summed E-state index contributed by atoms with van der Waals surface area (Å²) in [4.78, 5) is 41.0. The Morgan fingerprint density at radius 3 is 2.57 bits per heavy atom. The first-order valence-electron chi connectivity index (χ1n) is 7.85. The third-order valence-corrected chi connectivity index (χ3v) is 6.88. The van der Waals surface area contributed by atoms with E-state index >= 15 is 0 Å². The summed E-state index contributed by atoms with van der Waals surface area (Å²) in [7, 11) is 0. The SMILES string of the molecule is O=C1NC(=O)/C(=C/c2ccc(C(=O)Nc3nc(-c4ccc(Br)s4)cs3)cc2)S1. The van der Waals surface area contributed by atoms with E-state index in [0.717, 1.165) is 31.7 Å². The van der Waals surface area contributed by atoms with Crippen molar-refractivity contribution >= 4 is 78.6 Å². The predicted molar refractivity (Wildman–Crippen MR) is 117 cm³/mol. The molecule has 1 aliphatic rings. The largest absolute Gasteiger partial charge is 0.298 e. The topological polar surface area (TPSA) is 88.2 Å². The molecule has 1 aromatic carbocycles. The molecule has 28 heavy (non-hydrogen) atoms. The summed E-state index contributed by atoms with van der Waals surface area (Å²) in [6.45, 7) is 0. The van der Waals surface area contributed by atoms with Gasteiger partial charge in [-0.25, -0.2) is 4.98 Å². The van der Waals surface area contributed by atoms with Crippen LogP contribution in [0.2, 0.25) is 0 Å². The van der Waals surface area contributed by atoms with Crippen molar-refractivity contribution in [2.75, 3.05) is 5.32 Å². The van der Waals surface area contributed by atoms with Crippen LogP contribution >= 0.6 is 50.4 Å². The average molecular weight is 492 g/mol. The van der Waals surface area contributed by atoms with Crippen molar-refractivity contribution in [3.8, 4) is 10.6 Å². The Morgan fingerprint density at radius 1 is 1.14 bits per heavy atom. The van der Waals surface area contributed by atoms with Crippen molar-refractivity contribution in [2.24, 2.45) is 0 Å². The number of hydrogen-bond donors (Lipinski definition) is 2. The smallest absolute Gasteiger partial charge is 0.290 e. The second-order valence-electron chi connectivity index (χ2n) is 5.57. The Balaban J connectivity index is 1.44. The van der Waals surface area contributed by atoms with Crippen LogP contribution in [0.25, 0.3) is 16.6 Å². The lowest BCUT2D eigenvalue weighted by atomic mass is 10.1. The van der Waals surface area contributed by atoms with Gasteiger partial charge in [0.1, 0.15) is 0 Å². The number of carbonyl (C=O) groups excluding carboxylic acids is 3. The second kappa shape index (κ2) is 8.00. The molecule has 3 aromatic rings. The molecule has 6 nitrogen and oxygen atoms in total. The van der Waals surface area contributed by atoms with Crippen LogP contribution in [0.3, 0.4) is 0 Å². The highest BCUT2D eigenvalue weighted by atomic mass is 79.9. The molecule has 0 unspecified atom stereocenters. The number of benzene rings is 1. The van der Waals surface area contributed by atoms with E-state index in [2.05, 4.69) is 31.5 Å². The number of thiazole rings is 1. The number of thiophene rings is 1. The van der Waals surface area contributed by atoms with E-state index in [1.165, 1.54) is 11.3 Å². The molecule has 1 fully saturated rings. The normalized spacial score (nSPS) is 15.1. The molecule has 3 amide bonds. The average Bonchev–Trinajstić information content (AvgIpc) is 3.37. The van der Waals surface area contributed by atoms with Gasteiger partial charge >= 0.3 is 0 Å². The van der Waals surface area contributed by atoms with Crippen LogP contribution in [0.1, 0.15) is 15.9 Å². The molecule has 0 aliphatic carbocycles. The maximum atomic E-state index is 12.4. The van der Waals surface area contributed by atoms with Gasteiger partial charge in [-0.15, -0.1) is 22.7 Å².